The highest BCUT2D eigenvalue weighted by molar-refractivity contribution is 7.25. The molecule has 0 bridgehead atoms. The van der Waals surface area contributed by atoms with Gasteiger partial charge in [0.15, 0.2) is 5.82 Å². The average Bonchev–Trinajstić information content (AvgIpc) is 3.16. The maximum absolute atomic E-state index is 12.3. The van der Waals surface area contributed by atoms with Crippen molar-refractivity contribution in [3.8, 4) is 0 Å². The molecule has 0 saturated heterocycles. The van der Waals surface area contributed by atoms with E-state index in [2.05, 4.69) is 25.6 Å². The summed E-state index contributed by atoms with van der Waals surface area (Å²) in [5.41, 5.74) is 3.11. The van der Waals surface area contributed by atoms with E-state index in [0.717, 1.165) is 37.6 Å². The lowest BCUT2D eigenvalue weighted by Gasteiger charge is -2.09. The van der Waals surface area contributed by atoms with Crippen LogP contribution in [-0.4, -0.2) is 20.9 Å². The van der Waals surface area contributed by atoms with Crippen LogP contribution in [0.2, 0.25) is 0 Å². The van der Waals surface area contributed by atoms with E-state index in [1.807, 2.05) is 54.6 Å². The predicted molar refractivity (Wildman–Crippen MR) is 117 cm³/mol. The van der Waals surface area contributed by atoms with Crippen molar-refractivity contribution in [2.75, 3.05) is 10.6 Å². The number of hydrogen-bond acceptors (Lipinski definition) is 6. The Balaban J connectivity index is 1.38. The Morgan fingerprint density at radius 1 is 0.828 bits per heavy atom. The summed E-state index contributed by atoms with van der Waals surface area (Å²) in [6.07, 6.45) is 3.33. The first-order chi connectivity index (χ1) is 14.3. The van der Waals surface area contributed by atoms with Gasteiger partial charge in [-0.25, -0.2) is 15.0 Å². The Kier molecular flexibility index (Phi) is 4.34. The maximum Gasteiger partial charge on any atom is 0.255 e. The summed E-state index contributed by atoms with van der Waals surface area (Å²) in [7, 11) is 0. The van der Waals surface area contributed by atoms with E-state index in [1.54, 1.807) is 36.0 Å². The van der Waals surface area contributed by atoms with Crippen LogP contribution in [0.15, 0.2) is 79.3 Å². The summed E-state index contributed by atoms with van der Waals surface area (Å²) in [5, 5.41) is 7.26. The fourth-order valence-corrected chi connectivity index (χ4v) is 4.11. The topological polar surface area (TPSA) is 79.8 Å². The van der Waals surface area contributed by atoms with Crippen LogP contribution < -0.4 is 10.6 Å². The van der Waals surface area contributed by atoms with Crippen molar-refractivity contribution in [1.82, 2.24) is 15.0 Å². The summed E-state index contributed by atoms with van der Waals surface area (Å²) in [6.45, 7) is 0. The highest BCUT2D eigenvalue weighted by atomic mass is 32.1. The number of rotatable bonds is 4. The molecule has 2 N–H and O–H groups in total. The average molecular weight is 397 g/mol. The van der Waals surface area contributed by atoms with Crippen LogP contribution in [0.1, 0.15) is 10.4 Å². The molecule has 1 amide bonds. The van der Waals surface area contributed by atoms with Crippen LogP contribution in [0.4, 0.5) is 17.2 Å². The van der Waals surface area contributed by atoms with Gasteiger partial charge < -0.3 is 10.6 Å². The van der Waals surface area contributed by atoms with Crippen LogP contribution in [0.25, 0.3) is 20.4 Å². The molecule has 140 valence electrons. The van der Waals surface area contributed by atoms with Gasteiger partial charge in [-0.3, -0.25) is 4.79 Å². The van der Waals surface area contributed by atoms with E-state index in [-0.39, 0.29) is 5.91 Å². The lowest BCUT2D eigenvalue weighted by Crippen LogP contribution is -2.11. The number of aromatic nitrogens is 3. The summed E-state index contributed by atoms with van der Waals surface area (Å²) < 4.78 is 0.961. The Morgan fingerprint density at radius 2 is 1.62 bits per heavy atom. The molecular formula is C22H15N5OS. The van der Waals surface area contributed by atoms with Gasteiger partial charge in [0, 0.05) is 28.5 Å². The normalized spacial score (nSPS) is 10.9. The smallest absolute Gasteiger partial charge is 0.255 e. The molecule has 0 unspecified atom stereocenters. The minimum Gasteiger partial charge on any atom is -0.339 e. The van der Waals surface area contributed by atoms with Gasteiger partial charge >= 0.3 is 0 Å². The third-order valence-corrected chi connectivity index (χ3v) is 5.58. The Bertz CT molecular complexity index is 1320. The van der Waals surface area contributed by atoms with Gasteiger partial charge in [0.05, 0.1) is 10.2 Å². The standard InChI is InChI=1S/C22H15N5OS/c28-21(14-5-2-1-3-6-14)27-16-10-8-15(9-11-16)26-20-19-18(24-13-25-20)17-7-4-12-23-22(17)29-19/h1-13H,(H,27,28)(H,24,25,26). The van der Waals surface area contributed by atoms with E-state index < -0.39 is 0 Å². The van der Waals surface area contributed by atoms with Crippen molar-refractivity contribution < 1.29 is 4.79 Å². The van der Waals surface area contributed by atoms with Crippen molar-refractivity contribution in [3.05, 3.63) is 84.8 Å². The summed E-state index contributed by atoms with van der Waals surface area (Å²) in [5.74, 6) is 0.598. The lowest BCUT2D eigenvalue weighted by atomic mass is 10.2. The van der Waals surface area contributed by atoms with Crippen molar-refractivity contribution in [3.63, 3.8) is 0 Å². The number of thiophene rings is 1. The number of anilines is 3. The van der Waals surface area contributed by atoms with Crippen LogP contribution >= 0.6 is 11.3 Å². The number of carbonyl (C=O) groups is 1. The number of hydrogen-bond donors (Lipinski definition) is 2. The molecule has 5 aromatic rings. The van der Waals surface area contributed by atoms with E-state index in [0.29, 0.717) is 5.56 Å². The summed E-state index contributed by atoms with van der Waals surface area (Å²) in [4.78, 5) is 26.4. The monoisotopic (exact) mass is 397 g/mol. The van der Waals surface area contributed by atoms with E-state index in [9.17, 15) is 4.79 Å². The fourth-order valence-electron chi connectivity index (χ4n) is 3.07. The molecule has 3 heterocycles. The minimum absolute atomic E-state index is 0.137. The van der Waals surface area contributed by atoms with E-state index in [1.165, 1.54) is 0 Å². The largest absolute Gasteiger partial charge is 0.339 e. The zero-order valence-corrected chi connectivity index (χ0v) is 16.0. The summed E-state index contributed by atoms with van der Waals surface area (Å²) in [6, 6.07) is 20.6. The molecule has 7 heteroatoms. The predicted octanol–water partition coefficient (Wildman–Crippen LogP) is 5.24. The van der Waals surface area contributed by atoms with Crippen molar-refractivity contribution in [2.24, 2.45) is 0 Å². The van der Waals surface area contributed by atoms with Crippen LogP contribution in [-0.2, 0) is 0 Å². The molecule has 0 aliphatic carbocycles. The Hall–Kier alpha value is -3.84. The van der Waals surface area contributed by atoms with Gasteiger partial charge in [-0.05, 0) is 48.5 Å². The van der Waals surface area contributed by atoms with E-state index >= 15 is 0 Å². The van der Waals surface area contributed by atoms with Crippen LogP contribution in [0.5, 0.6) is 0 Å². The first kappa shape index (κ1) is 17.3. The van der Waals surface area contributed by atoms with Gasteiger partial charge in [0.25, 0.3) is 5.91 Å². The molecule has 0 atom stereocenters. The molecule has 0 saturated carbocycles. The second-order valence-electron chi connectivity index (χ2n) is 6.38. The number of nitrogens with one attached hydrogen (secondary N) is 2. The summed E-state index contributed by atoms with van der Waals surface area (Å²) >= 11 is 1.56. The molecule has 29 heavy (non-hydrogen) atoms. The SMILES string of the molecule is O=C(Nc1ccc(Nc2ncnc3c2sc2ncccc23)cc1)c1ccccc1. The second-order valence-corrected chi connectivity index (χ2v) is 7.38. The first-order valence-corrected chi connectivity index (χ1v) is 9.81. The zero-order valence-electron chi connectivity index (χ0n) is 15.2. The molecule has 2 aromatic carbocycles. The van der Waals surface area contributed by atoms with Crippen LogP contribution in [0, 0.1) is 0 Å². The van der Waals surface area contributed by atoms with Crippen molar-refractivity contribution >= 4 is 54.9 Å². The number of benzene rings is 2. The highest BCUT2D eigenvalue weighted by Gasteiger charge is 2.12. The fraction of sp³-hybridized carbons (Fsp3) is 0. The Morgan fingerprint density at radius 3 is 2.45 bits per heavy atom. The number of amides is 1. The second kappa shape index (κ2) is 7.29. The highest BCUT2D eigenvalue weighted by Crippen LogP contribution is 2.35. The van der Waals surface area contributed by atoms with Gasteiger partial charge in [0.2, 0.25) is 0 Å². The Labute approximate surface area is 170 Å². The number of fused-ring (bicyclic) bond motifs is 3. The third kappa shape index (κ3) is 3.39. The molecular weight excluding hydrogens is 382 g/mol. The molecule has 0 spiro atoms. The molecule has 0 radical (unpaired) electrons. The number of nitrogens with zero attached hydrogens (tertiary/aromatic N) is 3. The molecule has 0 aliphatic heterocycles. The lowest BCUT2D eigenvalue weighted by molar-refractivity contribution is 0.102. The van der Waals surface area contributed by atoms with Gasteiger partial charge in [-0.2, -0.15) is 0 Å². The van der Waals surface area contributed by atoms with Gasteiger partial charge in [-0.1, -0.05) is 18.2 Å². The van der Waals surface area contributed by atoms with Crippen LogP contribution in [0.3, 0.4) is 0 Å². The van der Waals surface area contributed by atoms with Crippen molar-refractivity contribution in [1.29, 1.82) is 0 Å². The molecule has 5 rings (SSSR count). The quantitative estimate of drug-likeness (QED) is 0.434. The van der Waals surface area contributed by atoms with Gasteiger partial charge in [-0.15, -0.1) is 11.3 Å². The van der Waals surface area contributed by atoms with Crippen molar-refractivity contribution in [2.45, 2.75) is 0 Å². The third-order valence-electron chi connectivity index (χ3n) is 4.47. The molecule has 3 aromatic heterocycles. The van der Waals surface area contributed by atoms with E-state index in [4.69, 9.17) is 0 Å². The number of pyridine rings is 1. The van der Waals surface area contributed by atoms with Gasteiger partial charge in [0.1, 0.15) is 11.2 Å². The number of carbonyl (C=O) groups excluding carboxylic acids is 1. The zero-order chi connectivity index (χ0) is 19.6. The molecule has 6 nitrogen and oxygen atoms in total. The minimum atomic E-state index is -0.137. The maximum atomic E-state index is 12.3. The molecule has 0 aliphatic rings. The first-order valence-electron chi connectivity index (χ1n) is 9.00. The molecule has 0 fully saturated rings.